The van der Waals surface area contributed by atoms with Gasteiger partial charge in [-0.25, -0.2) is 0 Å². The average molecular weight is 252 g/mol. The third kappa shape index (κ3) is 3.81. The van der Waals surface area contributed by atoms with Crippen molar-refractivity contribution >= 4 is 18.1 Å². The lowest BCUT2D eigenvalue weighted by atomic mass is 10.0. The van der Waals surface area contributed by atoms with E-state index in [4.69, 9.17) is 4.74 Å². The third-order valence-corrected chi connectivity index (χ3v) is 2.87. The summed E-state index contributed by atoms with van der Waals surface area (Å²) in [5, 5.41) is 0. The molecule has 0 heterocycles. The molecule has 96 valence electrons. The number of ether oxygens (including phenoxy) is 1. The summed E-state index contributed by atoms with van der Waals surface area (Å²) in [7, 11) is 1.41. The summed E-state index contributed by atoms with van der Waals surface area (Å²) in [5.74, 6) is -0.222. The fourth-order valence-corrected chi connectivity index (χ4v) is 1.84. The average Bonchev–Trinajstić information content (AvgIpc) is 2.47. The molecule has 0 N–H and O–H groups in total. The quantitative estimate of drug-likeness (QED) is 0.614. The lowest BCUT2D eigenvalue weighted by Gasteiger charge is -2.04. The highest BCUT2D eigenvalue weighted by Gasteiger charge is 2.05. The van der Waals surface area contributed by atoms with E-state index in [2.05, 4.69) is 0 Å². The first-order valence-electron chi connectivity index (χ1n) is 6.17. The molecule has 0 aliphatic heterocycles. The highest BCUT2D eigenvalue weighted by atomic mass is 16.5. The smallest absolute Gasteiger partial charge is 0.309 e. The van der Waals surface area contributed by atoms with Crippen molar-refractivity contribution in [3.05, 3.63) is 71.3 Å². The van der Waals surface area contributed by atoms with E-state index in [9.17, 15) is 4.79 Å². The Kier molecular flexibility index (Phi) is 4.51. The Bertz CT molecular complexity index is 571. The zero-order valence-electron chi connectivity index (χ0n) is 10.9. The van der Waals surface area contributed by atoms with Crippen LogP contribution in [-0.4, -0.2) is 13.1 Å². The van der Waals surface area contributed by atoms with Gasteiger partial charge in [-0.1, -0.05) is 66.7 Å². The standard InChI is InChI=1S/C17H16O2/c1-19-17(18)13-16-10-6-5-9-15(16)12-11-14-7-3-2-4-8-14/h2-12H,13H2,1H3/b12-11+. The maximum atomic E-state index is 11.4. The van der Waals surface area contributed by atoms with Crippen molar-refractivity contribution in [2.75, 3.05) is 7.11 Å². The van der Waals surface area contributed by atoms with Crippen LogP contribution in [0.1, 0.15) is 16.7 Å². The van der Waals surface area contributed by atoms with Gasteiger partial charge in [0.25, 0.3) is 0 Å². The van der Waals surface area contributed by atoms with Gasteiger partial charge in [0.1, 0.15) is 0 Å². The topological polar surface area (TPSA) is 26.3 Å². The van der Waals surface area contributed by atoms with Crippen LogP contribution in [0.2, 0.25) is 0 Å². The van der Waals surface area contributed by atoms with Gasteiger partial charge in [0.15, 0.2) is 0 Å². The number of rotatable bonds is 4. The SMILES string of the molecule is COC(=O)Cc1ccccc1/C=C/c1ccccc1. The van der Waals surface area contributed by atoms with Crippen LogP contribution in [0.15, 0.2) is 54.6 Å². The maximum Gasteiger partial charge on any atom is 0.309 e. The molecule has 0 aliphatic carbocycles. The number of esters is 1. The van der Waals surface area contributed by atoms with Crippen LogP contribution in [0.5, 0.6) is 0 Å². The molecule has 2 nitrogen and oxygen atoms in total. The summed E-state index contributed by atoms with van der Waals surface area (Å²) in [4.78, 5) is 11.4. The van der Waals surface area contributed by atoms with Crippen LogP contribution in [-0.2, 0) is 16.0 Å². The summed E-state index contributed by atoms with van der Waals surface area (Å²) >= 11 is 0. The number of benzene rings is 2. The molecule has 0 spiro atoms. The largest absolute Gasteiger partial charge is 0.469 e. The molecule has 2 heteroatoms. The van der Waals surface area contributed by atoms with Crippen molar-refractivity contribution in [3.8, 4) is 0 Å². The zero-order valence-corrected chi connectivity index (χ0v) is 10.9. The van der Waals surface area contributed by atoms with Gasteiger partial charge in [-0.3, -0.25) is 4.79 Å². The molecule has 0 saturated heterocycles. The first-order chi connectivity index (χ1) is 9.29. The molecule has 2 aromatic carbocycles. The number of carbonyl (C=O) groups is 1. The molecule has 0 amide bonds. The summed E-state index contributed by atoms with van der Waals surface area (Å²) in [5.41, 5.74) is 3.15. The predicted octanol–water partition coefficient (Wildman–Crippen LogP) is 3.57. The molecule has 0 fully saturated rings. The van der Waals surface area contributed by atoms with Crippen LogP contribution in [0.3, 0.4) is 0 Å². The van der Waals surface area contributed by atoms with Gasteiger partial charge in [-0.15, -0.1) is 0 Å². The lowest BCUT2D eigenvalue weighted by Crippen LogP contribution is -2.05. The molecule has 0 aliphatic rings. The fourth-order valence-electron chi connectivity index (χ4n) is 1.84. The first-order valence-corrected chi connectivity index (χ1v) is 6.17. The Labute approximate surface area is 113 Å². The van der Waals surface area contributed by atoms with Crippen molar-refractivity contribution in [2.24, 2.45) is 0 Å². The molecule has 0 radical (unpaired) electrons. The second-order valence-corrected chi connectivity index (χ2v) is 4.20. The van der Waals surface area contributed by atoms with E-state index in [1.807, 2.05) is 66.7 Å². The van der Waals surface area contributed by atoms with Crippen LogP contribution in [0.4, 0.5) is 0 Å². The van der Waals surface area contributed by atoms with Gasteiger partial charge >= 0.3 is 5.97 Å². The number of methoxy groups -OCH3 is 1. The minimum absolute atomic E-state index is 0.222. The molecule has 2 aromatic rings. The van der Waals surface area contributed by atoms with Gasteiger partial charge in [0.2, 0.25) is 0 Å². The molecule has 0 atom stereocenters. The summed E-state index contributed by atoms with van der Waals surface area (Å²) in [6, 6.07) is 17.9. The monoisotopic (exact) mass is 252 g/mol. The van der Waals surface area contributed by atoms with E-state index < -0.39 is 0 Å². The van der Waals surface area contributed by atoms with E-state index in [1.54, 1.807) is 0 Å². The van der Waals surface area contributed by atoms with Gasteiger partial charge < -0.3 is 4.74 Å². The second kappa shape index (κ2) is 6.55. The highest BCUT2D eigenvalue weighted by molar-refractivity contribution is 5.77. The Morgan fingerprint density at radius 3 is 2.42 bits per heavy atom. The third-order valence-electron chi connectivity index (χ3n) is 2.87. The Morgan fingerprint density at radius 1 is 1.00 bits per heavy atom. The lowest BCUT2D eigenvalue weighted by molar-refractivity contribution is -0.139. The Balaban J connectivity index is 2.20. The van der Waals surface area contributed by atoms with Crippen molar-refractivity contribution in [1.29, 1.82) is 0 Å². The fraction of sp³-hybridized carbons (Fsp3) is 0.118. The van der Waals surface area contributed by atoms with Crippen LogP contribution in [0.25, 0.3) is 12.2 Å². The van der Waals surface area contributed by atoms with Gasteiger partial charge in [0, 0.05) is 0 Å². The normalized spacial score (nSPS) is 10.6. The van der Waals surface area contributed by atoms with E-state index in [-0.39, 0.29) is 5.97 Å². The molecule has 2 rings (SSSR count). The van der Waals surface area contributed by atoms with Crippen molar-refractivity contribution in [1.82, 2.24) is 0 Å². The van der Waals surface area contributed by atoms with Crippen LogP contribution >= 0.6 is 0 Å². The summed E-state index contributed by atoms with van der Waals surface area (Å²) in [6.07, 6.45) is 4.36. The molecule has 0 unspecified atom stereocenters. The van der Waals surface area contributed by atoms with E-state index in [0.29, 0.717) is 6.42 Å². The zero-order chi connectivity index (χ0) is 13.5. The number of hydrogen-bond acceptors (Lipinski definition) is 2. The molecular weight excluding hydrogens is 236 g/mol. The summed E-state index contributed by atoms with van der Waals surface area (Å²) in [6.45, 7) is 0. The van der Waals surface area contributed by atoms with Gasteiger partial charge in [-0.2, -0.15) is 0 Å². The number of carbonyl (C=O) groups excluding carboxylic acids is 1. The van der Waals surface area contributed by atoms with Crippen molar-refractivity contribution < 1.29 is 9.53 Å². The minimum Gasteiger partial charge on any atom is -0.469 e. The van der Waals surface area contributed by atoms with E-state index in [0.717, 1.165) is 16.7 Å². The second-order valence-electron chi connectivity index (χ2n) is 4.20. The number of hydrogen-bond donors (Lipinski definition) is 0. The Morgan fingerprint density at radius 2 is 1.68 bits per heavy atom. The predicted molar refractivity (Wildman–Crippen MR) is 77.5 cm³/mol. The molecule has 19 heavy (non-hydrogen) atoms. The van der Waals surface area contributed by atoms with Crippen LogP contribution < -0.4 is 0 Å². The molecule has 0 aromatic heterocycles. The summed E-state index contributed by atoms with van der Waals surface area (Å²) < 4.78 is 4.71. The van der Waals surface area contributed by atoms with E-state index >= 15 is 0 Å². The van der Waals surface area contributed by atoms with Crippen LogP contribution in [0, 0.1) is 0 Å². The van der Waals surface area contributed by atoms with E-state index in [1.165, 1.54) is 7.11 Å². The van der Waals surface area contributed by atoms with Crippen molar-refractivity contribution in [3.63, 3.8) is 0 Å². The Hall–Kier alpha value is -2.35. The van der Waals surface area contributed by atoms with Gasteiger partial charge in [0.05, 0.1) is 13.5 Å². The minimum atomic E-state index is -0.222. The highest BCUT2D eigenvalue weighted by Crippen LogP contribution is 2.14. The first kappa shape index (κ1) is 13.1. The van der Waals surface area contributed by atoms with Crippen molar-refractivity contribution in [2.45, 2.75) is 6.42 Å². The van der Waals surface area contributed by atoms with Gasteiger partial charge in [-0.05, 0) is 16.7 Å². The molecule has 0 bridgehead atoms. The molecular formula is C17H16O2. The maximum absolute atomic E-state index is 11.4. The molecule has 0 saturated carbocycles.